The molecule has 0 aromatic heterocycles. The number of aliphatic imine (C=N–C) groups is 2. The van der Waals surface area contributed by atoms with Crippen molar-refractivity contribution in [2.45, 2.75) is 31.0 Å². The molecule has 3 rings (SSSR count). The predicted molar refractivity (Wildman–Crippen MR) is 118 cm³/mol. The molecule has 13 nitrogen and oxygen atoms in total. The van der Waals surface area contributed by atoms with Crippen molar-refractivity contribution in [2.75, 3.05) is 25.4 Å². The minimum Gasteiger partial charge on any atom is -0.481 e. The number of anilines is 1. The number of nitrogens with two attached hydrogens (primary N) is 1. The van der Waals surface area contributed by atoms with Gasteiger partial charge in [-0.25, -0.2) is 4.79 Å². The van der Waals surface area contributed by atoms with Crippen molar-refractivity contribution < 1.29 is 33.5 Å². The van der Waals surface area contributed by atoms with Crippen LogP contribution in [0.15, 0.2) is 34.3 Å². The third kappa shape index (κ3) is 5.83. The molecule has 0 bridgehead atoms. The molecule has 0 aliphatic carbocycles. The number of carboxylic acid groups (broad SMARTS) is 2. The number of amidine groups is 1. The van der Waals surface area contributed by atoms with E-state index < -0.39 is 55.3 Å². The number of nitrogens with zero attached hydrogens (tertiary/aromatic N) is 3. The molecule has 2 aliphatic heterocycles. The quantitative estimate of drug-likeness (QED) is 0.240. The van der Waals surface area contributed by atoms with Gasteiger partial charge in [0, 0.05) is 34.4 Å². The Kier molecular flexibility index (Phi) is 6.01. The lowest BCUT2D eigenvalue weighted by molar-refractivity contribution is -0.140. The number of carbonyl (C=O) groups excluding carboxylic acids is 2. The topological polar surface area (TPSA) is 199 Å². The number of amides is 2. The van der Waals surface area contributed by atoms with Crippen LogP contribution in [-0.4, -0.2) is 88.9 Å². The number of rotatable bonds is 9. The summed E-state index contributed by atoms with van der Waals surface area (Å²) in [6, 6.07) is 2.66. The maximum absolute atomic E-state index is 12.4. The van der Waals surface area contributed by atoms with Crippen LogP contribution in [0.3, 0.4) is 0 Å². The summed E-state index contributed by atoms with van der Waals surface area (Å²) >= 11 is 0. The molecular weight excluding hydrogens is 435 g/mol. The molecule has 176 valence electrons. The second kappa shape index (κ2) is 10.1. The first kappa shape index (κ1) is 19.7. The zero-order chi connectivity index (χ0) is 26.6. The standard InChI is InChI=1S/C20H25N7O6/c1-27-12(9-23-16-15(27)18(31)26-20(21)25-16)8-22-11-4-2-10(3-5-11)17(30)24-13(19(32)33)6-7-14(28)29/h2-5,12-13,15,22H,6-9H2,1H3,(H,24,30)(H,28,29)(H,32,33)(H3,21,23,25,26,31)/t12-,13-,15?/m0/s1/i1+1D3. The molecule has 33 heavy (non-hydrogen) atoms. The number of carbonyl (C=O) groups is 4. The van der Waals surface area contributed by atoms with Crippen LogP contribution in [0, 0.1) is 0 Å². The van der Waals surface area contributed by atoms with E-state index in [-0.39, 0.29) is 36.9 Å². The fourth-order valence-electron chi connectivity index (χ4n) is 3.30. The number of carboxylic acids is 2. The average molecular weight is 463 g/mol. The predicted octanol–water partition coefficient (Wildman–Crippen LogP) is -1.33. The highest BCUT2D eigenvalue weighted by Gasteiger charge is 2.38. The first-order valence-electron chi connectivity index (χ1n) is 11.4. The number of benzene rings is 1. The maximum atomic E-state index is 12.4. The fourth-order valence-corrected chi connectivity index (χ4v) is 3.30. The molecule has 0 spiro atoms. The van der Waals surface area contributed by atoms with Crippen molar-refractivity contribution >= 4 is 41.2 Å². The molecule has 2 aliphatic rings. The monoisotopic (exact) mass is 463 g/mol. The van der Waals surface area contributed by atoms with Gasteiger partial charge in [-0.2, -0.15) is 4.99 Å². The molecule has 1 aromatic carbocycles. The lowest BCUT2D eigenvalue weighted by atomic mass is 10.1. The first-order valence-corrected chi connectivity index (χ1v) is 9.94. The summed E-state index contributed by atoms with van der Waals surface area (Å²) in [5.74, 6) is -3.98. The van der Waals surface area contributed by atoms with Crippen molar-refractivity contribution in [1.82, 2.24) is 15.5 Å². The highest BCUT2D eigenvalue weighted by molar-refractivity contribution is 6.19. The number of nitrogens with one attached hydrogen (secondary N) is 3. The van der Waals surface area contributed by atoms with Crippen molar-refractivity contribution in [3.8, 4) is 0 Å². The molecule has 13 heteroatoms. The largest absolute Gasteiger partial charge is 0.481 e. The van der Waals surface area contributed by atoms with E-state index in [1.54, 1.807) is 0 Å². The van der Waals surface area contributed by atoms with Crippen LogP contribution < -0.4 is 21.7 Å². The lowest BCUT2D eigenvalue weighted by Gasteiger charge is -2.38. The van der Waals surface area contributed by atoms with Gasteiger partial charge in [-0.05, 0) is 37.7 Å². The molecule has 1 aromatic rings. The third-order valence-corrected chi connectivity index (χ3v) is 5.05. The Bertz CT molecular complexity index is 1110. The van der Waals surface area contributed by atoms with Gasteiger partial charge in [-0.1, -0.05) is 0 Å². The number of fused-ring (bicyclic) bond motifs is 1. The Labute approximate surface area is 193 Å². The minimum atomic E-state index is -2.62. The van der Waals surface area contributed by atoms with Crippen molar-refractivity contribution in [2.24, 2.45) is 15.7 Å². The zero-order valence-electron chi connectivity index (χ0n) is 20.3. The van der Waals surface area contributed by atoms with E-state index in [4.69, 9.17) is 15.0 Å². The minimum absolute atomic E-state index is 0.0296. The number of aliphatic carboxylic acids is 2. The van der Waals surface area contributed by atoms with Crippen LogP contribution in [0.4, 0.5) is 5.69 Å². The van der Waals surface area contributed by atoms with E-state index >= 15 is 0 Å². The van der Waals surface area contributed by atoms with Crippen LogP contribution in [-0.2, 0) is 14.4 Å². The average Bonchev–Trinajstić information content (AvgIpc) is 2.79. The summed E-state index contributed by atoms with van der Waals surface area (Å²) < 4.78 is 23.7. The normalized spacial score (nSPS) is 22.8. The Morgan fingerprint density at radius 2 is 2.06 bits per heavy atom. The van der Waals surface area contributed by atoms with Crippen LogP contribution in [0.5, 0.6) is 0 Å². The van der Waals surface area contributed by atoms with Crippen LogP contribution in [0.1, 0.15) is 27.3 Å². The van der Waals surface area contributed by atoms with Gasteiger partial charge >= 0.3 is 11.9 Å². The summed E-state index contributed by atoms with van der Waals surface area (Å²) in [6.45, 7) is -2.48. The molecular formula is C20H25N7O6. The molecule has 1 unspecified atom stereocenters. The second-order valence-electron chi connectivity index (χ2n) is 7.40. The molecule has 0 radical (unpaired) electrons. The third-order valence-electron chi connectivity index (χ3n) is 5.05. The van der Waals surface area contributed by atoms with Crippen molar-refractivity contribution in [3.05, 3.63) is 29.8 Å². The Morgan fingerprint density at radius 3 is 2.70 bits per heavy atom. The highest BCUT2D eigenvalue weighted by atomic mass is 16.4. The lowest BCUT2D eigenvalue weighted by Crippen LogP contribution is -2.62. The zero-order valence-corrected chi connectivity index (χ0v) is 17.3. The van der Waals surface area contributed by atoms with Gasteiger partial charge in [0.2, 0.25) is 5.96 Å². The maximum Gasteiger partial charge on any atom is 0.326 e. The Balaban J connectivity index is 1.66. The van der Waals surface area contributed by atoms with Crippen LogP contribution in [0.2, 0.25) is 0 Å². The van der Waals surface area contributed by atoms with Gasteiger partial charge in [-0.15, -0.1) is 0 Å². The summed E-state index contributed by atoms with van der Waals surface area (Å²) in [5.41, 5.74) is 6.22. The Morgan fingerprint density at radius 1 is 1.33 bits per heavy atom. The van der Waals surface area contributed by atoms with Crippen molar-refractivity contribution in [3.63, 3.8) is 0 Å². The van der Waals surface area contributed by atoms with Gasteiger partial charge in [-0.3, -0.25) is 29.6 Å². The van der Waals surface area contributed by atoms with E-state index in [0.29, 0.717) is 5.69 Å². The molecule has 0 saturated heterocycles. The van der Waals surface area contributed by atoms with Crippen molar-refractivity contribution in [1.29, 1.82) is 0 Å². The molecule has 0 fully saturated rings. The van der Waals surface area contributed by atoms with Crippen LogP contribution >= 0.6 is 0 Å². The van der Waals surface area contributed by atoms with E-state index in [1.807, 2.05) is 0 Å². The molecule has 2 amide bonds. The molecule has 0 saturated carbocycles. The molecule has 2 heterocycles. The summed E-state index contributed by atoms with van der Waals surface area (Å²) in [4.78, 5) is 56.0. The summed E-state index contributed by atoms with van der Waals surface area (Å²) in [5, 5.41) is 25.6. The van der Waals surface area contributed by atoms with E-state index in [0.717, 1.165) is 4.90 Å². The summed E-state index contributed by atoms with van der Waals surface area (Å²) in [7, 11) is 0. The number of hydrogen-bond donors (Lipinski definition) is 6. The summed E-state index contributed by atoms with van der Waals surface area (Å²) in [6.07, 6.45) is -0.680. The van der Waals surface area contributed by atoms with Crippen LogP contribution in [0.25, 0.3) is 0 Å². The SMILES string of the molecule is [2H][13C]([2H])([2H])N1C2C(=O)NC(N)=NC2=NC[C@@H]1CNc1ccc(C(=O)N[C@@H](CCC(=O)O)C(=O)O)cc1. The van der Waals surface area contributed by atoms with E-state index in [9.17, 15) is 24.3 Å². The van der Waals surface area contributed by atoms with Gasteiger partial charge < -0.3 is 26.6 Å². The second-order valence-corrected chi connectivity index (χ2v) is 7.40. The van der Waals surface area contributed by atoms with Gasteiger partial charge in [0.15, 0.2) is 11.9 Å². The number of guanidine groups is 1. The molecule has 3 atom stereocenters. The number of likely N-dealkylation sites (N-methyl/N-ethyl adjacent to an activating group) is 1. The van der Waals surface area contributed by atoms with E-state index in [1.165, 1.54) is 24.3 Å². The highest BCUT2D eigenvalue weighted by Crippen LogP contribution is 2.17. The van der Waals surface area contributed by atoms with E-state index in [2.05, 4.69) is 25.9 Å². The van der Waals surface area contributed by atoms with Gasteiger partial charge in [0.05, 0.1) is 6.54 Å². The Hall–Kier alpha value is -4.00. The fraction of sp³-hybridized carbons (Fsp3) is 0.400. The first-order chi connectivity index (χ1) is 16.9. The molecule has 7 N–H and O–H groups in total. The van der Waals surface area contributed by atoms with Gasteiger partial charge in [0.25, 0.3) is 11.8 Å². The number of hydrogen-bond acceptors (Lipinski definition) is 9. The smallest absolute Gasteiger partial charge is 0.326 e. The van der Waals surface area contributed by atoms with Gasteiger partial charge in [0.1, 0.15) is 6.04 Å².